The molecule has 0 radical (unpaired) electrons. The van der Waals surface area contributed by atoms with E-state index in [2.05, 4.69) is 26.2 Å². The van der Waals surface area contributed by atoms with Crippen molar-refractivity contribution in [3.63, 3.8) is 0 Å². The number of pyridine rings is 1. The number of aromatic nitrogens is 1. The molecule has 0 aromatic carbocycles. The van der Waals surface area contributed by atoms with E-state index in [9.17, 15) is 4.79 Å². The average molecular weight is 315 g/mol. The van der Waals surface area contributed by atoms with E-state index in [1.807, 2.05) is 11.8 Å². The smallest absolute Gasteiger partial charge is 0.254 e. The Balaban J connectivity index is 1.87. The Labute approximate surface area is 114 Å². The molecule has 1 aliphatic heterocycles. The second-order valence-electron chi connectivity index (χ2n) is 4.11. The van der Waals surface area contributed by atoms with Crippen LogP contribution in [0.25, 0.3) is 0 Å². The van der Waals surface area contributed by atoms with E-state index in [1.165, 1.54) is 24.3 Å². The molecule has 1 aromatic rings. The monoisotopic (exact) mass is 314 g/mol. The number of nitrogens with one attached hydrogen (secondary N) is 1. The van der Waals surface area contributed by atoms with E-state index < -0.39 is 0 Å². The minimum Gasteiger partial charge on any atom is -0.352 e. The van der Waals surface area contributed by atoms with E-state index in [-0.39, 0.29) is 5.91 Å². The summed E-state index contributed by atoms with van der Waals surface area (Å²) in [5, 5.41) is 2.99. The van der Waals surface area contributed by atoms with Crippen LogP contribution < -0.4 is 5.32 Å². The zero-order chi connectivity index (χ0) is 12.1. The van der Waals surface area contributed by atoms with Gasteiger partial charge < -0.3 is 5.32 Å². The third-order valence-corrected chi connectivity index (χ3v) is 4.58. The van der Waals surface area contributed by atoms with Gasteiger partial charge in [0.15, 0.2) is 0 Å². The molecule has 92 valence electrons. The van der Waals surface area contributed by atoms with Gasteiger partial charge >= 0.3 is 0 Å². The fraction of sp³-hybridized carbons (Fsp3) is 0.500. The molecule has 17 heavy (non-hydrogen) atoms. The summed E-state index contributed by atoms with van der Waals surface area (Å²) in [7, 11) is 0. The lowest BCUT2D eigenvalue weighted by atomic mass is 10.0. The Hall–Kier alpha value is -0.550. The standard InChI is InChI=1S/C12H15BrN2OS/c13-11-10(2-1-5-14-11)12(16)15-8-9-3-6-17-7-4-9/h1-2,5,9H,3-4,6-8H2,(H,15,16). The molecule has 3 nitrogen and oxygen atoms in total. The molecule has 1 N–H and O–H groups in total. The van der Waals surface area contributed by atoms with Crippen molar-refractivity contribution in [3.8, 4) is 0 Å². The fourth-order valence-electron chi connectivity index (χ4n) is 1.84. The topological polar surface area (TPSA) is 42.0 Å². The van der Waals surface area contributed by atoms with Crippen molar-refractivity contribution in [2.24, 2.45) is 5.92 Å². The predicted molar refractivity (Wildman–Crippen MR) is 74.3 cm³/mol. The maximum absolute atomic E-state index is 11.9. The average Bonchev–Trinajstić information content (AvgIpc) is 2.38. The molecule has 0 aliphatic carbocycles. The van der Waals surface area contributed by atoms with E-state index in [0.29, 0.717) is 16.1 Å². The summed E-state index contributed by atoms with van der Waals surface area (Å²) in [6.45, 7) is 0.778. The Morgan fingerprint density at radius 1 is 1.53 bits per heavy atom. The van der Waals surface area contributed by atoms with Crippen molar-refractivity contribution < 1.29 is 4.79 Å². The van der Waals surface area contributed by atoms with Crippen LogP contribution >= 0.6 is 27.7 Å². The van der Waals surface area contributed by atoms with Crippen LogP contribution in [0.1, 0.15) is 23.2 Å². The first-order chi connectivity index (χ1) is 8.27. The van der Waals surface area contributed by atoms with Crippen molar-refractivity contribution in [1.82, 2.24) is 10.3 Å². The van der Waals surface area contributed by atoms with Gasteiger partial charge in [0.2, 0.25) is 0 Å². The quantitative estimate of drug-likeness (QED) is 0.872. The number of thioether (sulfide) groups is 1. The molecule has 1 aromatic heterocycles. The minimum absolute atomic E-state index is 0.0387. The Kier molecular flexibility index (Phi) is 4.86. The zero-order valence-electron chi connectivity index (χ0n) is 9.49. The molecule has 2 rings (SSSR count). The lowest BCUT2D eigenvalue weighted by Gasteiger charge is -2.21. The van der Waals surface area contributed by atoms with Crippen molar-refractivity contribution in [1.29, 1.82) is 0 Å². The van der Waals surface area contributed by atoms with Crippen molar-refractivity contribution in [3.05, 3.63) is 28.5 Å². The largest absolute Gasteiger partial charge is 0.352 e. The number of rotatable bonds is 3. The molecule has 0 atom stereocenters. The highest BCUT2D eigenvalue weighted by molar-refractivity contribution is 9.10. The lowest BCUT2D eigenvalue weighted by molar-refractivity contribution is 0.0945. The lowest BCUT2D eigenvalue weighted by Crippen LogP contribution is -2.31. The van der Waals surface area contributed by atoms with Crippen LogP contribution in [0, 0.1) is 5.92 Å². The number of hydrogen-bond donors (Lipinski definition) is 1. The molecular weight excluding hydrogens is 300 g/mol. The van der Waals surface area contributed by atoms with E-state index in [1.54, 1.807) is 18.3 Å². The molecular formula is C12H15BrN2OS. The van der Waals surface area contributed by atoms with Gasteiger partial charge in [0.05, 0.1) is 5.56 Å². The van der Waals surface area contributed by atoms with Crippen molar-refractivity contribution in [2.75, 3.05) is 18.1 Å². The van der Waals surface area contributed by atoms with Crippen LogP contribution in [-0.4, -0.2) is 28.9 Å². The second kappa shape index (κ2) is 6.40. The van der Waals surface area contributed by atoms with Gasteiger partial charge in [-0.2, -0.15) is 11.8 Å². The predicted octanol–water partition coefficient (Wildman–Crippen LogP) is 2.72. The number of hydrogen-bond acceptors (Lipinski definition) is 3. The number of halogens is 1. The third-order valence-electron chi connectivity index (χ3n) is 2.90. The van der Waals surface area contributed by atoms with Gasteiger partial charge in [0.1, 0.15) is 4.60 Å². The first kappa shape index (κ1) is 12.9. The highest BCUT2D eigenvalue weighted by Crippen LogP contribution is 2.22. The van der Waals surface area contributed by atoms with Crippen LogP contribution in [-0.2, 0) is 0 Å². The molecule has 1 fully saturated rings. The summed E-state index contributed by atoms with van der Waals surface area (Å²) in [6, 6.07) is 3.56. The number of amides is 1. The first-order valence-electron chi connectivity index (χ1n) is 5.74. The van der Waals surface area contributed by atoms with Gasteiger partial charge in [-0.3, -0.25) is 4.79 Å². The Morgan fingerprint density at radius 3 is 3.00 bits per heavy atom. The molecule has 2 heterocycles. The molecule has 1 saturated heterocycles. The summed E-state index contributed by atoms with van der Waals surface area (Å²) in [5.74, 6) is 3.03. The fourth-order valence-corrected chi connectivity index (χ4v) is 3.47. The maximum Gasteiger partial charge on any atom is 0.254 e. The Bertz CT molecular complexity index is 394. The second-order valence-corrected chi connectivity index (χ2v) is 6.08. The first-order valence-corrected chi connectivity index (χ1v) is 7.68. The number of carbonyl (C=O) groups is 1. The highest BCUT2D eigenvalue weighted by Gasteiger charge is 2.16. The van der Waals surface area contributed by atoms with E-state index >= 15 is 0 Å². The summed E-state index contributed by atoms with van der Waals surface area (Å²) < 4.78 is 0.608. The van der Waals surface area contributed by atoms with E-state index in [0.717, 1.165) is 6.54 Å². The van der Waals surface area contributed by atoms with Crippen molar-refractivity contribution >= 4 is 33.6 Å². The molecule has 1 amide bonds. The summed E-state index contributed by atoms with van der Waals surface area (Å²) in [4.78, 5) is 16.0. The zero-order valence-corrected chi connectivity index (χ0v) is 11.9. The summed E-state index contributed by atoms with van der Waals surface area (Å²) in [5.41, 5.74) is 0.609. The van der Waals surface area contributed by atoms with Crippen LogP contribution in [0.2, 0.25) is 0 Å². The van der Waals surface area contributed by atoms with Crippen LogP contribution in [0.15, 0.2) is 22.9 Å². The van der Waals surface area contributed by atoms with Crippen LogP contribution in [0.4, 0.5) is 0 Å². The highest BCUT2D eigenvalue weighted by atomic mass is 79.9. The summed E-state index contributed by atoms with van der Waals surface area (Å²) in [6.07, 6.45) is 4.08. The molecule has 0 saturated carbocycles. The molecule has 1 aliphatic rings. The Morgan fingerprint density at radius 2 is 2.29 bits per heavy atom. The van der Waals surface area contributed by atoms with Gasteiger partial charge in [0.25, 0.3) is 5.91 Å². The van der Waals surface area contributed by atoms with Gasteiger partial charge in [-0.1, -0.05) is 0 Å². The minimum atomic E-state index is -0.0387. The normalized spacial score (nSPS) is 16.8. The molecule has 0 spiro atoms. The van der Waals surface area contributed by atoms with Crippen LogP contribution in [0.5, 0.6) is 0 Å². The van der Waals surface area contributed by atoms with E-state index in [4.69, 9.17) is 0 Å². The molecule has 5 heteroatoms. The molecule has 0 bridgehead atoms. The van der Waals surface area contributed by atoms with Crippen LogP contribution in [0.3, 0.4) is 0 Å². The third kappa shape index (κ3) is 3.71. The molecule has 0 unspecified atom stereocenters. The number of carbonyl (C=O) groups excluding carboxylic acids is 1. The number of nitrogens with zero attached hydrogens (tertiary/aromatic N) is 1. The van der Waals surface area contributed by atoms with Crippen molar-refractivity contribution in [2.45, 2.75) is 12.8 Å². The SMILES string of the molecule is O=C(NCC1CCSCC1)c1cccnc1Br. The van der Waals surface area contributed by atoms with Gasteiger partial charge in [0, 0.05) is 12.7 Å². The maximum atomic E-state index is 11.9. The van der Waals surface area contributed by atoms with Gasteiger partial charge in [-0.25, -0.2) is 4.98 Å². The van der Waals surface area contributed by atoms with Gasteiger partial charge in [-0.05, 0) is 58.3 Å². The van der Waals surface area contributed by atoms with Gasteiger partial charge in [-0.15, -0.1) is 0 Å². The summed E-state index contributed by atoms with van der Waals surface area (Å²) >= 11 is 5.29.